The van der Waals surface area contributed by atoms with Crippen molar-refractivity contribution in [1.29, 1.82) is 0 Å². The fraction of sp³-hybridized carbons (Fsp3) is 0. The van der Waals surface area contributed by atoms with Gasteiger partial charge in [-0.2, -0.15) is 36.4 Å². The van der Waals surface area contributed by atoms with Crippen LogP contribution in [0.3, 0.4) is 0 Å². The molecular weight excluding hydrogens is 145 g/mol. The van der Waals surface area contributed by atoms with Gasteiger partial charge < -0.3 is 6.15 Å². The second kappa shape index (κ2) is 6.67. The molecule has 0 saturated heterocycles. The molecule has 0 spiro atoms. The van der Waals surface area contributed by atoms with Crippen LogP contribution in [0.15, 0.2) is 30.3 Å². The van der Waals surface area contributed by atoms with Crippen LogP contribution in [0.5, 0.6) is 0 Å². The molecule has 0 amide bonds. The molecule has 2 N–H and O–H groups in total. The number of nitrogens with two attached hydrogens (primary N) is 1. The molecule has 1 rings (SSSR count). The second-order valence-electron chi connectivity index (χ2n) is 1.08. The first-order chi connectivity index (χ1) is 3.00. The van der Waals surface area contributed by atoms with Gasteiger partial charge in [-0.3, -0.25) is 0 Å². The van der Waals surface area contributed by atoms with E-state index in [0.717, 1.165) is 0 Å². The number of hydrogen-bond acceptors (Lipinski definition) is 0. The third-order valence-corrected chi connectivity index (χ3v) is 0.607. The fourth-order valence-corrected chi connectivity index (χ4v) is 0.342. The van der Waals surface area contributed by atoms with Gasteiger partial charge in [0, 0.05) is 0 Å². The molecule has 0 bridgehead atoms. The Morgan fingerprint density at radius 3 is 1.50 bits per heavy atom. The van der Waals surface area contributed by atoms with Gasteiger partial charge in [0.1, 0.15) is 0 Å². The van der Waals surface area contributed by atoms with Crippen molar-refractivity contribution in [2.75, 3.05) is 0 Å². The summed E-state index contributed by atoms with van der Waals surface area (Å²) in [6.45, 7) is 0. The zero-order chi connectivity index (χ0) is 4.24. The van der Waals surface area contributed by atoms with Crippen LogP contribution < -0.4 is 0 Å². The average molecular weight is 152 g/mol. The Morgan fingerprint density at radius 1 is 0.875 bits per heavy atom. The van der Waals surface area contributed by atoms with Gasteiger partial charge in [0.15, 0.2) is 0 Å². The molecule has 0 aliphatic carbocycles. The van der Waals surface area contributed by atoms with E-state index in [1.165, 1.54) is 0 Å². The predicted molar refractivity (Wildman–Crippen MR) is 30.6 cm³/mol. The van der Waals surface area contributed by atoms with Gasteiger partial charge in [0.2, 0.25) is 0 Å². The summed E-state index contributed by atoms with van der Waals surface area (Å²) >= 11 is 0. The van der Waals surface area contributed by atoms with Crippen LogP contribution >= 0.6 is 0 Å². The largest absolute Gasteiger partial charge is 2.00 e. The smallest absolute Gasteiger partial charge is 0.693 e. The molecule has 0 saturated carbocycles. The van der Waals surface area contributed by atoms with Gasteiger partial charge >= 0.3 is 16.5 Å². The molecular formula is C6H7NNi. The summed E-state index contributed by atoms with van der Waals surface area (Å²) in [5, 5.41) is 0. The Labute approximate surface area is 59.6 Å². The molecule has 0 heterocycles. The van der Waals surface area contributed by atoms with Crippen molar-refractivity contribution in [2.24, 2.45) is 0 Å². The molecule has 1 nitrogen and oxygen atoms in total. The molecule has 0 aliphatic heterocycles. The molecule has 0 radical (unpaired) electrons. The minimum Gasteiger partial charge on any atom is -0.693 e. The maximum atomic E-state index is 2.89. The third-order valence-electron chi connectivity index (χ3n) is 0.607. The van der Waals surface area contributed by atoms with E-state index in [2.05, 4.69) is 6.07 Å². The van der Waals surface area contributed by atoms with Crippen LogP contribution in [-0.4, -0.2) is 0 Å². The maximum Gasteiger partial charge on any atom is 2.00 e. The molecule has 0 unspecified atom stereocenters. The van der Waals surface area contributed by atoms with Gasteiger partial charge in [0.05, 0.1) is 0 Å². The predicted octanol–water partition coefficient (Wildman–Crippen LogP) is 2.20. The van der Waals surface area contributed by atoms with Crippen molar-refractivity contribution in [2.45, 2.75) is 0 Å². The van der Waals surface area contributed by atoms with Crippen molar-refractivity contribution < 1.29 is 16.5 Å². The molecule has 0 fully saturated rings. The number of hydrogen-bond donors (Lipinski definition) is 0. The van der Waals surface area contributed by atoms with Crippen LogP contribution in [0.1, 0.15) is 0 Å². The molecule has 2 heteroatoms. The summed E-state index contributed by atoms with van der Waals surface area (Å²) in [5.74, 6) is 0. The van der Waals surface area contributed by atoms with E-state index < -0.39 is 0 Å². The zero-order valence-electron chi connectivity index (χ0n) is 4.28. The minimum atomic E-state index is 0. The van der Waals surface area contributed by atoms with Crippen LogP contribution in [0.2, 0.25) is 0 Å². The quantitative estimate of drug-likeness (QED) is 0.403. The summed E-state index contributed by atoms with van der Waals surface area (Å²) in [4.78, 5) is 0. The summed E-state index contributed by atoms with van der Waals surface area (Å²) < 4.78 is 0. The molecule has 0 atom stereocenters. The van der Waals surface area contributed by atoms with Crippen LogP contribution in [-0.2, 0) is 16.5 Å². The first-order valence-electron chi connectivity index (χ1n) is 1.91. The van der Waals surface area contributed by atoms with Crippen LogP contribution in [0.25, 0.3) is 6.15 Å². The number of rotatable bonds is 0. The van der Waals surface area contributed by atoms with E-state index in [1.54, 1.807) is 0 Å². The third kappa shape index (κ3) is 3.85. The Balaban J connectivity index is 0. The SMILES string of the molecule is [NH2-].[Ni+2].[c-]1ccccc1. The molecule has 1 aromatic rings. The van der Waals surface area contributed by atoms with E-state index in [4.69, 9.17) is 0 Å². The van der Waals surface area contributed by atoms with Crippen molar-refractivity contribution in [3.05, 3.63) is 42.5 Å². The van der Waals surface area contributed by atoms with Crippen molar-refractivity contribution in [1.82, 2.24) is 0 Å². The van der Waals surface area contributed by atoms with Crippen LogP contribution in [0.4, 0.5) is 0 Å². The monoisotopic (exact) mass is 151 g/mol. The Kier molecular flexibility index (Phi) is 8.86. The van der Waals surface area contributed by atoms with Crippen molar-refractivity contribution >= 4 is 0 Å². The summed E-state index contributed by atoms with van der Waals surface area (Å²) in [6, 6.07) is 12.5. The van der Waals surface area contributed by atoms with E-state index >= 15 is 0 Å². The van der Waals surface area contributed by atoms with Gasteiger partial charge in [-0.05, 0) is 0 Å². The van der Waals surface area contributed by atoms with Gasteiger partial charge in [-0.15, -0.1) is 0 Å². The number of benzene rings is 1. The molecule has 0 aliphatic rings. The minimum absolute atomic E-state index is 0. The first-order valence-corrected chi connectivity index (χ1v) is 1.91. The van der Waals surface area contributed by atoms with Crippen LogP contribution in [0, 0.1) is 6.07 Å². The van der Waals surface area contributed by atoms with Crippen molar-refractivity contribution in [3.8, 4) is 0 Å². The van der Waals surface area contributed by atoms with E-state index in [-0.39, 0.29) is 22.6 Å². The van der Waals surface area contributed by atoms with E-state index in [1.807, 2.05) is 30.3 Å². The standard InChI is InChI=1S/C6H5.H2N.Ni/c1-2-4-6-5-3-1;;/h1-5H;1H2;/q2*-1;+2. The maximum absolute atomic E-state index is 2.89. The molecule has 0 aromatic heterocycles. The average Bonchev–Trinajstić information content (AvgIpc) is 1.72. The van der Waals surface area contributed by atoms with Gasteiger partial charge in [0.25, 0.3) is 0 Å². The zero-order valence-corrected chi connectivity index (χ0v) is 5.27. The summed E-state index contributed by atoms with van der Waals surface area (Å²) in [5.41, 5.74) is 0. The van der Waals surface area contributed by atoms with Gasteiger partial charge in [-0.1, -0.05) is 0 Å². The van der Waals surface area contributed by atoms with E-state index in [9.17, 15) is 0 Å². The van der Waals surface area contributed by atoms with Gasteiger partial charge in [-0.25, -0.2) is 0 Å². The Bertz CT molecular complexity index is 80.5. The van der Waals surface area contributed by atoms with E-state index in [0.29, 0.717) is 0 Å². The Morgan fingerprint density at radius 2 is 1.38 bits per heavy atom. The summed E-state index contributed by atoms with van der Waals surface area (Å²) in [6.07, 6.45) is 0. The second-order valence-corrected chi connectivity index (χ2v) is 1.08. The summed E-state index contributed by atoms with van der Waals surface area (Å²) in [7, 11) is 0. The fourth-order valence-electron chi connectivity index (χ4n) is 0.342. The Hall–Kier alpha value is -0.326. The normalized spacial score (nSPS) is 6.00. The molecule has 8 heavy (non-hydrogen) atoms. The molecule has 46 valence electrons. The molecule has 1 aromatic carbocycles. The van der Waals surface area contributed by atoms with Crippen molar-refractivity contribution in [3.63, 3.8) is 0 Å². The first kappa shape index (κ1) is 10.6. The topological polar surface area (TPSA) is 33.5 Å².